The van der Waals surface area contributed by atoms with E-state index < -0.39 is 8.07 Å². The SMILES string of the molecule is CCC[Si](C)(C1C(CC2CCCCC2)CC2C(c3ccc(C(C)(C)C)cc3)=CC=CC21)C1C(CC2CCCCC2)CC2C(c3ccc(C(C)(C)C)cc3)=CC=CC21. The van der Waals surface area contributed by atoms with E-state index >= 15 is 0 Å². The van der Waals surface area contributed by atoms with Gasteiger partial charge in [0, 0.05) is 0 Å². The van der Waals surface area contributed by atoms with Crippen molar-refractivity contribution in [1.82, 2.24) is 0 Å². The smallest absolute Gasteiger partial charge is 0.0584 e. The van der Waals surface area contributed by atoms with Crippen LogP contribution in [0.1, 0.15) is 167 Å². The van der Waals surface area contributed by atoms with Crippen molar-refractivity contribution in [2.75, 3.05) is 0 Å². The van der Waals surface area contributed by atoms with E-state index in [2.05, 4.69) is 140 Å². The molecular formula is C56H80Si. The predicted octanol–water partition coefficient (Wildman–Crippen LogP) is 16.6. The predicted molar refractivity (Wildman–Crippen MR) is 251 cm³/mol. The molecule has 57 heavy (non-hydrogen) atoms. The van der Waals surface area contributed by atoms with Crippen molar-refractivity contribution in [2.45, 2.75) is 179 Å². The van der Waals surface area contributed by atoms with Crippen LogP contribution in [0, 0.1) is 47.3 Å². The fourth-order valence-electron chi connectivity index (χ4n) is 14.6. The minimum Gasteiger partial charge on any atom is -0.0808 e. The Morgan fingerprint density at radius 3 is 1.28 bits per heavy atom. The van der Waals surface area contributed by atoms with Gasteiger partial charge in [-0.2, -0.15) is 0 Å². The highest BCUT2D eigenvalue weighted by molar-refractivity contribution is 6.82. The standard InChI is InChI=1S/C56H80Si/c1-9-34-57(8,53-43(35-39-18-12-10-13-19-39)37-51-47(22-16-24-49(51)53)41-26-30-45(31-27-41)55(2,3)4)54-44(36-40-20-14-11-15-21-40)38-52-48(23-17-25-50(52)54)42-28-32-46(33-29-42)56(5,6)7/h16-17,22-33,39-40,43-44,49-54H,9-15,18-21,34-38H2,1-8H3. The van der Waals surface area contributed by atoms with Crippen LogP contribution in [-0.2, 0) is 10.8 Å². The van der Waals surface area contributed by atoms with Crippen molar-refractivity contribution < 1.29 is 0 Å². The number of benzene rings is 2. The Bertz CT molecular complexity index is 1650. The maximum absolute atomic E-state index is 3.03. The molecule has 6 aliphatic rings. The van der Waals surface area contributed by atoms with Gasteiger partial charge in [-0.05, 0) is 128 Å². The molecule has 8 unspecified atom stereocenters. The Balaban J connectivity index is 1.18. The second kappa shape index (κ2) is 16.9. The first kappa shape index (κ1) is 41.4. The lowest BCUT2D eigenvalue weighted by Gasteiger charge is -2.50. The minimum atomic E-state index is -1.88. The van der Waals surface area contributed by atoms with Gasteiger partial charge in [0.15, 0.2) is 0 Å². The highest BCUT2D eigenvalue weighted by Gasteiger charge is 2.61. The average molecular weight is 781 g/mol. The van der Waals surface area contributed by atoms with Gasteiger partial charge in [0.2, 0.25) is 0 Å². The van der Waals surface area contributed by atoms with Gasteiger partial charge >= 0.3 is 0 Å². The number of hydrogen-bond acceptors (Lipinski definition) is 0. The minimum absolute atomic E-state index is 0.185. The van der Waals surface area contributed by atoms with Crippen LogP contribution in [0.4, 0.5) is 0 Å². The van der Waals surface area contributed by atoms with Crippen LogP contribution in [0.25, 0.3) is 11.1 Å². The van der Waals surface area contributed by atoms with Crippen molar-refractivity contribution in [1.29, 1.82) is 0 Å². The maximum Gasteiger partial charge on any atom is 0.0584 e. The summed E-state index contributed by atoms with van der Waals surface area (Å²) in [6.07, 6.45) is 37.7. The van der Waals surface area contributed by atoms with Gasteiger partial charge in [0.25, 0.3) is 0 Å². The van der Waals surface area contributed by atoms with Crippen LogP contribution in [0.5, 0.6) is 0 Å². The fourth-order valence-corrected chi connectivity index (χ4v) is 21.9. The lowest BCUT2D eigenvalue weighted by atomic mass is 9.79. The number of fused-ring (bicyclic) bond motifs is 2. The van der Waals surface area contributed by atoms with E-state index in [-0.39, 0.29) is 10.8 Å². The molecule has 0 N–H and O–H groups in total. The van der Waals surface area contributed by atoms with Crippen molar-refractivity contribution in [3.05, 3.63) is 107 Å². The topological polar surface area (TPSA) is 0 Å². The van der Waals surface area contributed by atoms with Crippen LogP contribution >= 0.6 is 0 Å². The molecule has 8 rings (SSSR count). The van der Waals surface area contributed by atoms with E-state index in [0.717, 1.165) is 34.8 Å². The summed E-state index contributed by atoms with van der Waals surface area (Å²) in [5.41, 5.74) is 11.4. The van der Waals surface area contributed by atoms with Gasteiger partial charge in [-0.25, -0.2) is 0 Å². The van der Waals surface area contributed by atoms with Crippen LogP contribution in [-0.4, -0.2) is 8.07 Å². The van der Waals surface area contributed by atoms with E-state index in [0.29, 0.717) is 23.7 Å². The molecule has 0 amide bonds. The highest BCUT2D eigenvalue weighted by atomic mass is 28.3. The summed E-state index contributed by atoms with van der Waals surface area (Å²) >= 11 is 0. The molecule has 4 fully saturated rings. The van der Waals surface area contributed by atoms with Crippen molar-refractivity contribution >= 4 is 19.2 Å². The first-order valence-electron chi connectivity index (χ1n) is 24.3. The number of hydrogen-bond donors (Lipinski definition) is 0. The van der Waals surface area contributed by atoms with Gasteiger partial charge in [0.1, 0.15) is 0 Å². The monoisotopic (exact) mass is 781 g/mol. The Morgan fingerprint density at radius 1 is 0.544 bits per heavy atom. The first-order valence-corrected chi connectivity index (χ1v) is 27.2. The van der Waals surface area contributed by atoms with Gasteiger partial charge in [-0.3, -0.25) is 0 Å². The van der Waals surface area contributed by atoms with E-state index in [1.807, 2.05) is 0 Å². The molecule has 0 heterocycles. The number of allylic oxidation sites excluding steroid dienone is 8. The molecule has 0 aliphatic heterocycles. The second-order valence-electron chi connectivity index (χ2n) is 22.8. The lowest BCUT2D eigenvalue weighted by Crippen LogP contribution is -2.49. The van der Waals surface area contributed by atoms with E-state index in [4.69, 9.17) is 0 Å². The average Bonchev–Trinajstić information content (AvgIpc) is 3.77. The molecule has 308 valence electrons. The van der Waals surface area contributed by atoms with E-state index in [1.54, 1.807) is 11.1 Å². The molecule has 2 aromatic carbocycles. The molecule has 2 aromatic rings. The van der Waals surface area contributed by atoms with Crippen LogP contribution in [0.15, 0.2) is 85.0 Å². The zero-order valence-corrected chi connectivity index (χ0v) is 38.7. The zero-order chi connectivity index (χ0) is 40.0. The molecule has 4 saturated carbocycles. The molecule has 0 spiro atoms. The summed E-state index contributed by atoms with van der Waals surface area (Å²) in [6.45, 7) is 19.7. The van der Waals surface area contributed by atoms with Gasteiger partial charge in [0.05, 0.1) is 8.07 Å². The molecule has 1 heteroatoms. The third-order valence-corrected chi connectivity index (χ3v) is 23.4. The summed E-state index contributed by atoms with van der Waals surface area (Å²) in [5, 5.41) is 0. The van der Waals surface area contributed by atoms with Crippen LogP contribution in [0.3, 0.4) is 0 Å². The van der Waals surface area contributed by atoms with E-state index in [9.17, 15) is 0 Å². The lowest BCUT2D eigenvalue weighted by molar-refractivity contribution is 0.274. The quantitative estimate of drug-likeness (QED) is 0.211. The van der Waals surface area contributed by atoms with Gasteiger partial charge in [-0.15, -0.1) is 0 Å². The summed E-state index contributed by atoms with van der Waals surface area (Å²) < 4.78 is 0. The summed E-state index contributed by atoms with van der Waals surface area (Å²) in [7, 11) is -1.88. The largest absolute Gasteiger partial charge is 0.0808 e. The van der Waals surface area contributed by atoms with Crippen molar-refractivity contribution in [3.8, 4) is 0 Å². The maximum atomic E-state index is 3.03. The Kier molecular flexibility index (Phi) is 12.3. The van der Waals surface area contributed by atoms with Gasteiger partial charge < -0.3 is 0 Å². The zero-order valence-electron chi connectivity index (χ0n) is 37.7. The summed E-state index contributed by atoms with van der Waals surface area (Å²) in [4.78, 5) is 0. The molecule has 0 bridgehead atoms. The summed E-state index contributed by atoms with van der Waals surface area (Å²) in [6, 6.07) is 21.2. The van der Waals surface area contributed by atoms with Crippen molar-refractivity contribution in [3.63, 3.8) is 0 Å². The molecule has 0 radical (unpaired) electrons. The van der Waals surface area contributed by atoms with Gasteiger partial charge in [-0.1, -0.05) is 217 Å². The number of rotatable bonds is 10. The van der Waals surface area contributed by atoms with E-state index in [1.165, 1.54) is 125 Å². The third-order valence-electron chi connectivity index (χ3n) is 17.1. The Labute approximate surface area is 351 Å². The van der Waals surface area contributed by atoms with Crippen molar-refractivity contribution in [2.24, 2.45) is 47.3 Å². The molecule has 6 aliphatic carbocycles. The third kappa shape index (κ3) is 8.50. The Hall–Kier alpha value is -2.38. The molecule has 0 aromatic heterocycles. The summed E-state index contributed by atoms with van der Waals surface area (Å²) in [5.74, 6) is 6.38. The molecular weight excluding hydrogens is 701 g/mol. The Morgan fingerprint density at radius 2 is 0.930 bits per heavy atom. The first-order chi connectivity index (χ1) is 27.3. The molecule has 8 atom stereocenters. The molecule has 0 saturated heterocycles. The normalized spacial score (nSPS) is 32.1. The second-order valence-corrected chi connectivity index (χ2v) is 27.7. The van der Waals surface area contributed by atoms with Crippen LogP contribution < -0.4 is 0 Å². The van der Waals surface area contributed by atoms with Crippen LogP contribution in [0.2, 0.25) is 23.7 Å². The fraction of sp³-hybridized carbons (Fsp3) is 0.643. The molecule has 0 nitrogen and oxygen atoms in total. The highest BCUT2D eigenvalue weighted by Crippen LogP contribution is 2.68.